The summed E-state index contributed by atoms with van der Waals surface area (Å²) in [5.74, 6) is -1.65. The summed E-state index contributed by atoms with van der Waals surface area (Å²) in [4.78, 5) is 25.0. The van der Waals surface area contributed by atoms with E-state index in [-0.39, 0.29) is 24.1 Å². The van der Waals surface area contributed by atoms with E-state index in [0.717, 1.165) is 18.4 Å². The molecule has 3 rings (SSSR count). The Balaban J connectivity index is 1.67. The fourth-order valence-corrected chi connectivity index (χ4v) is 5.87. The van der Waals surface area contributed by atoms with Crippen molar-refractivity contribution in [2.24, 2.45) is 0 Å². The van der Waals surface area contributed by atoms with Gasteiger partial charge in [0, 0.05) is 24.6 Å². The molecule has 2 N–H and O–H groups in total. The van der Waals surface area contributed by atoms with Crippen molar-refractivity contribution in [3.8, 4) is 0 Å². The summed E-state index contributed by atoms with van der Waals surface area (Å²) in [6, 6.07) is 10.0. The van der Waals surface area contributed by atoms with Crippen LogP contribution >= 0.6 is 11.3 Å². The van der Waals surface area contributed by atoms with Gasteiger partial charge in [-0.3, -0.25) is 9.59 Å². The van der Waals surface area contributed by atoms with Crippen molar-refractivity contribution in [3.63, 3.8) is 0 Å². The average molecular weight is 437 g/mol. The van der Waals surface area contributed by atoms with Crippen molar-refractivity contribution >= 4 is 33.0 Å². The number of rotatable bonds is 7. The zero-order chi connectivity index (χ0) is 20.9. The summed E-state index contributed by atoms with van der Waals surface area (Å²) in [5.41, 5.74) is 0.952. The van der Waals surface area contributed by atoms with Gasteiger partial charge in [0.05, 0.1) is 11.0 Å². The molecule has 7 nitrogen and oxygen atoms in total. The SMILES string of the molecule is Cc1ccc(S(=O)(=O)[C@@H](CNC(=O)C(=O)NC[C@H]2CCCO2)c2cccs2)cc1. The van der Waals surface area contributed by atoms with E-state index in [1.165, 1.54) is 11.3 Å². The highest BCUT2D eigenvalue weighted by Gasteiger charge is 2.31. The van der Waals surface area contributed by atoms with E-state index in [9.17, 15) is 18.0 Å². The molecule has 0 saturated carbocycles. The first-order valence-corrected chi connectivity index (χ1v) is 11.8. The molecule has 2 heterocycles. The average Bonchev–Trinajstić information content (AvgIpc) is 3.40. The van der Waals surface area contributed by atoms with Gasteiger partial charge in [-0.25, -0.2) is 8.42 Å². The highest BCUT2D eigenvalue weighted by atomic mass is 32.2. The van der Waals surface area contributed by atoms with Gasteiger partial charge in [0.15, 0.2) is 9.84 Å². The third kappa shape index (κ3) is 5.43. The maximum Gasteiger partial charge on any atom is 0.309 e. The van der Waals surface area contributed by atoms with E-state index in [0.29, 0.717) is 11.5 Å². The Kier molecular flexibility index (Phi) is 7.05. The third-order valence-corrected chi connectivity index (χ3v) is 7.99. The Morgan fingerprint density at radius 3 is 2.52 bits per heavy atom. The Hall–Kier alpha value is -2.23. The van der Waals surface area contributed by atoms with Crippen molar-refractivity contribution in [1.29, 1.82) is 0 Å². The summed E-state index contributed by atoms with van der Waals surface area (Å²) in [5, 5.41) is 5.81. The second kappa shape index (κ2) is 9.51. The molecular weight excluding hydrogens is 412 g/mol. The van der Waals surface area contributed by atoms with E-state index in [2.05, 4.69) is 10.6 Å². The van der Waals surface area contributed by atoms with E-state index in [1.807, 2.05) is 6.92 Å². The second-order valence-electron chi connectivity index (χ2n) is 6.92. The van der Waals surface area contributed by atoms with E-state index >= 15 is 0 Å². The van der Waals surface area contributed by atoms with E-state index in [1.54, 1.807) is 41.8 Å². The van der Waals surface area contributed by atoms with Crippen LogP contribution in [-0.2, 0) is 24.2 Å². The molecule has 1 aromatic carbocycles. The van der Waals surface area contributed by atoms with Crippen LogP contribution in [0.4, 0.5) is 0 Å². The van der Waals surface area contributed by atoms with Gasteiger partial charge in [-0.2, -0.15) is 0 Å². The van der Waals surface area contributed by atoms with Crippen LogP contribution in [-0.4, -0.2) is 46.0 Å². The number of carbonyl (C=O) groups excluding carboxylic acids is 2. The number of carbonyl (C=O) groups is 2. The highest BCUT2D eigenvalue weighted by Crippen LogP contribution is 2.31. The maximum atomic E-state index is 13.2. The third-order valence-electron chi connectivity index (χ3n) is 4.75. The first-order valence-electron chi connectivity index (χ1n) is 9.39. The number of amides is 2. The minimum atomic E-state index is -3.74. The fraction of sp³-hybridized carbons (Fsp3) is 0.400. The molecule has 1 aromatic heterocycles. The molecule has 29 heavy (non-hydrogen) atoms. The summed E-state index contributed by atoms with van der Waals surface area (Å²) in [6.07, 6.45) is 1.70. The van der Waals surface area contributed by atoms with Gasteiger partial charge < -0.3 is 15.4 Å². The molecule has 2 amide bonds. The summed E-state index contributed by atoms with van der Waals surface area (Å²) >= 11 is 1.30. The number of ether oxygens (including phenoxy) is 1. The minimum Gasteiger partial charge on any atom is -0.376 e. The molecule has 1 saturated heterocycles. The predicted octanol–water partition coefficient (Wildman–Crippen LogP) is 1.98. The van der Waals surface area contributed by atoms with Gasteiger partial charge >= 0.3 is 11.8 Å². The minimum absolute atomic E-state index is 0.0764. The maximum absolute atomic E-state index is 13.2. The molecule has 156 valence electrons. The Morgan fingerprint density at radius 1 is 1.17 bits per heavy atom. The number of thiophene rings is 1. The topological polar surface area (TPSA) is 102 Å². The van der Waals surface area contributed by atoms with Gasteiger partial charge in [0.1, 0.15) is 5.25 Å². The molecule has 0 aliphatic carbocycles. The van der Waals surface area contributed by atoms with Crippen LogP contribution < -0.4 is 10.6 Å². The van der Waals surface area contributed by atoms with E-state index < -0.39 is 26.9 Å². The van der Waals surface area contributed by atoms with Crippen molar-refractivity contribution in [1.82, 2.24) is 10.6 Å². The molecule has 1 fully saturated rings. The molecule has 0 radical (unpaired) electrons. The second-order valence-corrected chi connectivity index (χ2v) is 10.0. The van der Waals surface area contributed by atoms with Crippen molar-refractivity contribution in [2.75, 3.05) is 19.7 Å². The molecule has 0 unspecified atom stereocenters. The van der Waals surface area contributed by atoms with Gasteiger partial charge in [-0.05, 0) is 43.3 Å². The van der Waals surface area contributed by atoms with Crippen LogP contribution in [0.25, 0.3) is 0 Å². The van der Waals surface area contributed by atoms with E-state index in [4.69, 9.17) is 4.74 Å². The van der Waals surface area contributed by atoms with Crippen LogP contribution in [0.5, 0.6) is 0 Å². The van der Waals surface area contributed by atoms with Crippen molar-refractivity contribution in [2.45, 2.75) is 36.0 Å². The quantitative estimate of drug-likeness (QED) is 0.647. The molecule has 2 atom stereocenters. The molecular formula is C20H24N2O5S2. The lowest BCUT2D eigenvalue weighted by molar-refractivity contribution is -0.139. The molecule has 9 heteroatoms. The number of nitrogens with one attached hydrogen (secondary N) is 2. The Labute approximate surface area is 174 Å². The van der Waals surface area contributed by atoms with Gasteiger partial charge in [0.2, 0.25) is 0 Å². The number of hydrogen-bond donors (Lipinski definition) is 2. The van der Waals surface area contributed by atoms with Crippen LogP contribution in [0.1, 0.15) is 28.5 Å². The van der Waals surface area contributed by atoms with Gasteiger partial charge in [-0.15, -0.1) is 11.3 Å². The predicted molar refractivity (Wildman–Crippen MR) is 110 cm³/mol. The first-order chi connectivity index (χ1) is 13.9. The van der Waals surface area contributed by atoms with Crippen LogP contribution in [0.2, 0.25) is 0 Å². The Bertz CT molecular complexity index is 934. The van der Waals surface area contributed by atoms with Crippen molar-refractivity contribution < 1.29 is 22.7 Å². The Morgan fingerprint density at radius 2 is 1.90 bits per heavy atom. The summed E-state index contributed by atoms with van der Waals surface area (Å²) < 4.78 is 31.7. The highest BCUT2D eigenvalue weighted by molar-refractivity contribution is 7.91. The summed E-state index contributed by atoms with van der Waals surface area (Å²) in [6.45, 7) is 2.61. The lowest BCUT2D eigenvalue weighted by atomic mass is 10.2. The monoisotopic (exact) mass is 436 g/mol. The lowest BCUT2D eigenvalue weighted by Gasteiger charge is -2.18. The van der Waals surface area contributed by atoms with Crippen LogP contribution in [0, 0.1) is 6.92 Å². The molecule has 0 bridgehead atoms. The zero-order valence-electron chi connectivity index (χ0n) is 16.1. The van der Waals surface area contributed by atoms with Crippen LogP contribution in [0.3, 0.4) is 0 Å². The van der Waals surface area contributed by atoms with Gasteiger partial charge in [-0.1, -0.05) is 23.8 Å². The number of benzene rings is 1. The summed E-state index contributed by atoms with van der Waals surface area (Å²) in [7, 11) is -3.74. The number of aryl methyl sites for hydroxylation is 1. The normalized spacial score (nSPS) is 17.6. The molecule has 1 aliphatic rings. The van der Waals surface area contributed by atoms with Crippen molar-refractivity contribution in [3.05, 3.63) is 52.2 Å². The molecule has 1 aliphatic heterocycles. The van der Waals surface area contributed by atoms with Crippen LogP contribution in [0.15, 0.2) is 46.7 Å². The fourth-order valence-electron chi connectivity index (χ4n) is 3.09. The smallest absolute Gasteiger partial charge is 0.309 e. The first kappa shape index (κ1) is 21.5. The number of sulfone groups is 1. The lowest BCUT2D eigenvalue weighted by Crippen LogP contribution is -2.44. The molecule has 2 aromatic rings. The number of hydrogen-bond acceptors (Lipinski definition) is 6. The van der Waals surface area contributed by atoms with Gasteiger partial charge in [0.25, 0.3) is 0 Å². The standard InChI is InChI=1S/C20H24N2O5S2/c1-14-6-8-16(9-7-14)29(25,26)18(17-5-3-11-28-17)13-22-20(24)19(23)21-12-15-4-2-10-27-15/h3,5-9,11,15,18H,2,4,10,12-13H2,1H3,(H,21,23)(H,22,24)/t15-,18+/m1/s1. The largest absolute Gasteiger partial charge is 0.376 e. The molecule has 0 spiro atoms. The zero-order valence-corrected chi connectivity index (χ0v) is 17.7.